The van der Waals surface area contributed by atoms with E-state index in [1.54, 1.807) is 12.4 Å². The van der Waals surface area contributed by atoms with Crippen LogP contribution >= 0.6 is 0 Å². The molecule has 2 unspecified atom stereocenters. The van der Waals surface area contributed by atoms with Crippen LogP contribution in [0.3, 0.4) is 0 Å². The monoisotopic (exact) mass is 488 g/mol. The highest BCUT2D eigenvalue weighted by Crippen LogP contribution is 2.42. The molecule has 0 bridgehead atoms. The molecule has 2 aliphatic rings. The molecule has 1 saturated heterocycles. The second-order valence-electron chi connectivity index (χ2n) is 9.01. The Morgan fingerprint density at radius 1 is 1.00 bits per heavy atom. The van der Waals surface area contributed by atoms with Gasteiger partial charge in [-0.2, -0.15) is 0 Å². The quantitative estimate of drug-likeness (QED) is 0.477. The van der Waals surface area contributed by atoms with Gasteiger partial charge in [0.2, 0.25) is 5.78 Å². The van der Waals surface area contributed by atoms with Gasteiger partial charge >= 0.3 is 0 Å². The molecular formula is C28H32N4O4. The van der Waals surface area contributed by atoms with Crippen LogP contribution in [0, 0.1) is 6.92 Å². The number of benzene rings is 1. The van der Waals surface area contributed by atoms with Crippen molar-refractivity contribution >= 4 is 5.78 Å². The highest BCUT2D eigenvalue weighted by atomic mass is 16.6. The van der Waals surface area contributed by atoms with Crippen molar-refractivity contribution in [3.63, 3.8) is 0 Å². The van der Waals surface area contributed by atoms with Gasteiger partial charge in [0.05, 0.1) is 30.2 Å². The summed E-state index contributed by atoms with van der Waals surface area (Å²) in [5.74, 6) is -0.706. The molecule has 1 fully saturated rings. The summed E-state index contributed by atoms with van der Waals surface area (Å²) < 4.78 is 19.0. The number of hydrogen-bond acceptors (Lipinski definition) is 8. The Kier molecular flexibility index (Phi) is 7.38. The number of aromatic nitrogens is 2. The molecule has 0 spiro atoms. The molecule has 8 heteroatoms. The minimum atomic E-state index is -1.22. The lowest BCUT2D eigenvalue weighted by molar-refractivity contribution is -0.269. The molecule has 2 aromatic heterocycles. The number of ether oxygens (including phenoxy) is 3. The van der Waals surface area contributed by atoms with Gasteiger partial charge < -0.3 is 14.2 Å². The van der Waals surface area contributed by atoms with Crippen molar-refractivity contribution in [3.05, 3.63) is 89.5 Å². The number of hydrogen-bond donors (Lipinski definition) is 0. The molecule has 5 rings (SSSR count). The number of carbonyl (C=O) groups excluding carboxylic acids is 1. The molecule has 2 atom stereocenters. The number of pyridine rings is 2. The van der Waals surface area contributed by atoms with Crippen molar-refractivity contribution in [1.29, 1.82) is 0 Å². The Labute approximate surface area is 211 Å². The van der Waals surface area contributed by atoms with Crippen LogP contribution in [0.5, 0.6) is 5.75 Å². The lowest BCUT2D eigenvalue weighted by atomic mass is 9.93. The largest absolute Gasteiger partial charge is 0.455 e. The lowest BCUT2D eigenvalue weighted by Crippen LogP contribution is -2.75. The summed E-state index contributed by atoms with van der Waals surface area (Å²) in [4.78, 5) is 27.6. The summed E-state index contributed by atoms with van der Waals surface area (Å²) in [5.41, 5.74) is 3.18. The van der Waals surface area contributed by atoms with E-state index in [-0.39, 0.29) is 5.78 Å². The number of para-hydroxylation sites is 1. The number of morpholine rings is 1. The fourth-order valence-electron chi connectivity index (χ4n) is 5.05. The molecule has 188 valence electrons. The maximum absolute atomic E-state index is 14.1. The smallest absolute Gasteiger partial charge is 0.257 e. The molecule has 4 heterocycles. The number of Topliss-reactive ketones (excluding diaryl/α,β-unsaturated/α-hetero) is 1. The number of rotatable bonds is 8. The fourth-order valence-corrected chi connectivity index (χ4v) is 5.05. The standard InChI is InChI=1S/C28H32N4O4/c1-3-35-27-25(33)24-12-8-9-21(2)26(24)36-28(27,31-15-17-34-18-16-31)32(19-22-10-4-6-13-29-22)20-23-11-5-7-14-30-23/h4-14,27H,3,15-20H2,1-2H3. The third-order valence-electron chi connectivity index (χ3n) is 6.72. The van der Waals surface area contributed by atoms with E-state index in [2.05, 4.69) is 19.8 Å². The summed E-state index contributed by atoms with van der Waals surface area (Å²) in [5, 5.41) is 0. The van der Waals surface area contributed by atoms with Gasteiger partial charge in [-0.15, -0.1) is 0 Å². The van der Waals surface area contributed by atoms with Gasteiger partial charge in [-0.25, -0.2) is 9.80 Å². The average molecular weight is 489 g/mol. The summed E-state index contributed by atoms with van der Waals surface area (Å²) in [6, 6.07) is 17.4. The molecule has 0 radical (unpaired) electrons. The van der Waals surface area contributed by atoms with Gasteiger partial charge in [-0.1, -0.05) is 24.3 Å². The van der Waals surface area contributed by atoms with E-state index in [0.717, 1.165) is 17.0 Å². The summed E-state index contributed by atoms with van der Waals surface area (Å²) >= 11 is 0. The topological polar surface area (TPSA) is 77.0 Å². The highest BCUT2D eigenvalue weighted by Gasteiger charge is 2.59. The van der Waals surface area contributed by atoms with Crippen LogP contribution < -0.4 is 4.74 Å². The zero-order chi connectivity index (χ0) is 25.0. The van der Waals surface area contributed by atoms with Crippen LogP contribution in [0.2, 0.25) is 0 Å². The Balaban J connectivity index is 1.70. The number of carbonyl (C=O) groups is 1. The number of aryl methyl sites for hydroxylation is 1. The van der Waals surface area contributed by atoms with E-state index in [1.807, 2.05) is 68.4 Å². The molecule has 3 aromatic rings. The van der Waals surface area contributed by atoms with Crippen LogP contribution in [0.4, 0.5) is 0 Å². The van der Waals surface area contributed by atoms with Crippen molar-refractivity contribution in [2.75, 3.05) is 32.9 Å². The van der Waals surface area contributed by atoms with E-state index in [1.165, 1.54) is 0 Å². The van der Waals surface area contributed by atoms with Crippen LogP contribution in [-0.2, 0) is 22.6 Å². The normalized spacial score (nSPS) is 22.3. The molecule has 2 aliphatic heterocycles. The number of fused-ring (bicyclic) bond motifs is 1. The minimum absolute atomic E-state index is 0.0830. The molecular weight excluding hydrogens is 456 g/mol. The van der Waals surface area contributed by atoms with Crippen LogP contribution in [0.25, 0.3) is 0 Å². The van der Waals surface area contributed by atoms with Crippen molar-refractivity contribution in [2.45, 2.75) is 38.9 Å². The summed E-state index contributed by atoms with van der Waals surface area (Å²) in [7, 11) is 0. The molecule has 0 aliphatic carbocycles. The van der Waals surface area contributed by atoms with Crippen molar-refractivity contribution < 1.29 is 19.0 Å². The van der Waals surface area contributed by atoms with Gasteiger partial charge in [0, 0.05) is 45.2 Å². The van der Waals surface area contributed by atoms with Crippen LogP contribution in [-0.4, -0.2) is 70.4 Å². The maximum Gasteiger partial charge on any atom is 0.257 e. The first-order valence-electron chi connectivity index (χ1n) is 12.5. The summed E-state index contributed by atoms with van der Waals surface area (Å²) in [6.07, 6.45) is 2.69. The molecule has 0 amide bonds. The van der Waals surface area contributed by atoms with E-state index < -0.39 is 12.0 Å². The van der Waals surface area contributed by atoms with Gasteiger partial charge in [-0.05, 0) is 49.7 Å². The number of ketones is 1. The van der Waals surface area contributed by atoms with Crippen LogP contribution in [0.15, 0.2) is 67.0 Å². The van der Waals surface area contributed by atoms with Gasteiger partial charge in [0.15, 0.2) is 6.10 Å². The van der Waals surface area contributed by atoms with Crippen molar-refractivity contribution in [1.82, 2.24) is 19.8 Å². The van der Waals surface area contributed by atoms with E-state index >= 15 is 0 Å². The average Bonchev–Trinajstić information content (AvgIpc) is 2.92. The van der Waals surface area contributed by atoms with Gasteiger partial charge in [0.25, 0.3) is 5.85 Å². The molecule has 0 saturated carbocycles. The SMILES string of the molecule is CCOC1C(=O)c2cccc(C)c2OC1(N1CCOCC1)N(Cc1ccccn1)Cc1ccccn1. The zero-order valence-electron chi connectivity index (χ0n) is 20.8. The lowest BCUT2D eigenvalue weighted by Gasteiger charge is -2.55. The molecule has 0 N–H and O–H groups in total. The van der Waals surface area contributed by atoms with Gasteiger partial charge in [0.1, 0.15) is 5.75 Å². The third-order valence-corrected chi connectivity index (χ3v) is 6.72. The Hall–Kier alpha value is -3.17. The Morgan fingerprint density at radius 2 is 1.67 bits per heavy atom. The minimum Gasteiger partial charge on any atom is -0.455 e. The summed E-state index contributed by atoms with van der Waals surface area (Å²) in [6.45, 7) is 7.40. The second-order valence-corrected chi connectivity index (χ2v) is 9.01. The van der Waals surface area contributed by atoms with Crippen LogP contribution in [0.1, 0.15) is 34.2 Å². The third kappa shape index (κ3) is 4.65. The fraction of sp³-hybridized carbons (Fsp3) is 0.393. The second kappa shape index (κ2) is 10.8. The molecule has 8 nitrogen and oxygen atoms in total. The van der Waals surface area contributed by atoms with E-state index in [4.69, 9.17) is 14.2 Å². The Bertz CT molecular complexity index is 1130. The highest BCUT2D eigenvalue weighted by molar-refractivity contribution is 6.04. The van der Waals surface area contributed by atoms with E-state index in [0.29, 0.717) is 57.3 Å². The van der Waals surface area contributed by atoms with E-state index in [9.17, 15) is 4.79 Å². The predicted molar refractivity (Wildman–Crippen MR) is 134 cm³/mol. The molecule has 1 aromatic carbocycles. The first-order chi connectivity index (χ1) is 17.6. The first-order valence-corrected chi connectivity index (χ1v) is 12.5. The predicted octanol–water partition coefficient (Wildman–Crippen LogP) is 3.45. The Morgan fingerprint density at radius 3 is 2.25 bits per heavy atom. The van der Waals surface area contributed by atoms with Crippen molar-refractivity contribution in [3.8, 4) is 5.75 Å². The first kappa shape index (κ1) is 24.5. The van der Waals surface area contributed by atoms with Gasteiger partial charge in [-0.3, -0.25) is 14.8 Å². The molecule has 36 heavy (non-hydrogen) atoms. The number of nitrogens with zero attached hydrogens (tertiary/aromatic N) is 4. The maximum atomic E-state index is 14.1. The zero-order valence-corrected chi connectivity index (χ0v) is 20.8. The van der Waals surface area contributed by atoms with Crippen molar-refractivity contribution in [2.24, 2.45) is 0 Å².